The summed E-state index contributed by atoms with van der Waals surface area (Å²) >= 11 is 7.28. The zero-order valence-electron chi connectivity index (χ0n) is 19.0. The van der Waals surface area contributed by atoms with Gasteiger partial charge in [0.2, 0.25) is 0 Å². The van der Waals surface area contributed by atoms with E-state index in [9.17, 15) is 13.2 Å². The van der Waals surface area contributed by atoms with E-state index in [1.807, 2.05) is 25.1 Å². The van der Waals surface area contributed by atoms with Gasteiger partial charge < -0.3 is 4.42 Å². The zero-order chi connectivity index (χ0) is 25.3. The molecule has 0 saturated heterocycles. The number of benzene rings is 3. The van der Waals surface area contributed by atoms with Gasteiger partial charge in [0.15, 0.2) is 5.13 Å². The largest absolute Gasteiger partial charge is 0.467 e. The molecule has 0 aliphatic heterocycles. The third-order valence-corrected chi connectivity index (χ3v) is 8.18. The maximum atomic E-state index is 13.6. The molecule has 0 spiro atoms. The quantitative estimate of drug-likeness (QED) is 0.256. The Balaban J connectivity index is 1.42. The van der Waals surface area contributed by atoms with Gasteiger partial charge in [-0.05, 0) is 79.2 Å². The number of aryl methyl sites for hydroxylation is 1. The Hall–Kier alpha value is -3.66. The number of amides is 1. The minimum atomic E-state index is -3.80. The number of rotatable bonds is 7. The summed E-state index contributed by atoms with van der Waals surface area (Å²) < 4.78 is 34.3. The molecule has 0 bridgehead atoms. The average Bonchev–Trinajstić information content (AvgIpc) is 3.53. The monoisotopic (exact) mass is 537 g/mol. The van der Waals surface area contributed by atoms with E-state index < -0.39 is 10.0 Å². The SMILES string of the molecule is Cc1cccc2sc(N(Cc3ccco3)C(=O)c3ccc(NS(=O)(=O)c4ccc(Cl)cc4)cc3)nc12. The van der Waals surface area contributed by atoms with Crippen LogP contribution in [0.5, 0.6) is 0 Å². The lowest BCUT2D eigenvalue weighted by Gasteiger charge is -2.19. The van der Waals surface area contributed by atoms with Crippen molar-refractivity contribution >= 4 is 59.9 Å². The van der Waals surface area contributed by atoms with E-state index in [0.29, 0.717) is 27.2 Å². The number of carbonyl (C=O) groups excluding carboxylic acids is 1. The highest BCUT2D eigenvalue weighted by atomic mass is 35.5. The Morgan fingerprint density at radius 1 is 1.03 bits per heavy atom. The Morgan fingerprint density at radius 3 is 2.44 bits per heavy atom. The van der Waals surface area contributed by atoms with Gasteiger partial charge in [-0.2, -0.15) is 0 Å². The van der Waals surface area contributed by atoms with Crippen LogP contribution in [0.25, 0.3) is 10.2 Å². The number of aromatic nitrogens is 1. The van der Waals surface area contributed by atoms with Crippen LogP contribution < -0.4 is 9.62 Å². The van der Waals surface area contributed by atoms with Crippen molar-refractivity contribution in [2.24, 2.45) is 0 Å². The Bertz CT molecular complexity index is 1630. The molecule has 5 aromatic rings. The predicted molar refractivity (Wildman–Crippen MR) is 142 cm³/mol. The fourth-order valence-electron chi connectivity index (χ4n) is 3.64. The maximum absolute atomic E-state index is 13.6. The topological polar surface area (TPSA) is 92.5 Å². The summed E-state index contributed by atoms with van der Waals surface area (Å²) in [6.07, 6.45) is 1.56. The number of hydrogen-bond acceptors (Lipinski definition) is 6. The van der Waals surface area contributed by atoms with Crippen LogP contribution in [0.15, 0.2) is 94.4 Å². The normalized spacial score (nSPS) is 11.5. The van der Waals surface area contributed by atoms with Crippen LogP contribution in [0.4, 0.5) is 10.8 Å². The molecule has 0 atom stereocenters. The lowest BCUT2D eigenvalue weighted by atomic mass is 10.2. The number of thiazole rings is 1. The van der Waals surface area contributed by atoms with Crippen molar-refractivity contribution in [3.05, 3.63) is 107 Å². The highest BCUT2D eigenvalue weighted by Crippen LogP contribution is 2.32. The number of nitrogens with zero attached hydrogens (tertiary/aromatic N) is 2. The van der Waals surface area contributed by atoms with Crippen LogP contribution in [-0.4, -0.2) is 19.3 Å². The number of para-hydroxylation sites is 1. The second-order valence-electron chi connectivity index (χ2n) is 8.03. The molecule has 1 amide bonds. The van der Waals surface area contributed by atoms with Crippen molar-refractivity contribution in [3.63, 3.8) is 0 Å². The smallest absolute Gasteiger partial charge is 0.261 e. The first-order valence-corrected chi connectivity index (χ1v) is 13.6. The van der Waals surface area contributed by atoms with Crippen LogP contribution >= 0.6 is 22.9 Å². The first kappa shape index (κ1) is 24.1. The second-order valence-corrected chi connectivity index (χ2v) is 11.2. The molecular formula is C26H20ClN3O4S2. The molecule has 3 aromatic carbocycles. The van der Waals surface area contributed by atoms with Crippen molar-refractivity contribution in [3.8, 4) is 0 Å². The highest BCUT2D eigenvalue weighted by Gasteiger charge is 2.23. The molecule has 0 aliphatic rings. The lowest BCUT2D eigenvalue weighted by molar-refractivity contribution is 0.0983. The third kappa shape index (κ3) is 4.99. The van der Waals surface area contributed by atoms with E-state index in [2.05, 4.69) is 4.72 Å². The number of anilines is 2. The van der Waals surface area contributed by atoms with Gasteiger partial charge in [0.1, 0.15) is 5.76 Å². The lowest BCUT2D eigenvalue weighted by Crippen LogP contribution is -2.30. The fraction of sp³-hybridized carbons (Fsp3) is 0.0769. The molecule has 2 aromatic heterocycles. The molecule has 10 heteroatoms. The fourth-order valence-corrected chi connectivity index (χ4v) is 5.86. The van der Waals surface area contributed by atoms with Crippen molar-refractivity contribution < 1.29 is 17.6 Å². The third-order valence-electron chi connectivity index (χ3n) is 5.49. The Labute approximate surface area is 217 Å². The van der Waals surface area contributed by atoms with E-state index >= 15 is 0 Å². The predicted octanol–water partition coefficient (Wildman–Crippen LogP) is 6.50. The number of nitrogens with one attached hydrogen (secondary N) is 1. The summed E-state index contributed by atoms with van der Waals surface area (Å²) in [5.41, 5.74) is 2.58. The molecule has 0 radical (unpaired) electrons. The molecule has 0 saturated carbocycles. The molecule has 2 heterocycles. The molecule has 0 fully saturated rings. The van der Waals surface area contributed by atoms with E-state index in [1.165, 1.54) is 35.6 Å². The van der Waals surface area contributed by atoms with Crippen molar-refractivity contribution in [2.45, 2.75) is 18.4 Å². The molecule has 182 valence electrons. The molecule has 1 N–H and O–H groups in total. The molecule has 5 rings (SSSR count). The van der Waals surface area contributed by atoms with Crippen LogP contribution in [0.1, 0.15) is 21.7 Å². The van der Waals surface area contributed by atoms with Crippen molar-refractivity contribution in [1.29, 1.82) is 0 Å². The summed E-state index contributed by atoms with van der Waals surface area (Å²) in [6.45, 7) is 2.18. The van der Waals surface area contributed by atoms with E-state index in [-0.39, 0.29) is 17.3 Å². The molecule has 0 unspecified atom stereocenters. The second kappa shape index (κ2) is 9.77. The average molecular weight is 538 g/mol. The van der Waals surface area contributed by atoms with Gasteiger partial charge in [-0.3, -0.25) is 14.4 Å². The van der Waals surface area contributed by atoms with E-state index in [1.54, 1.807) is 47.6 Å². The van der Waals surface area contributed by atoms with Gasteiger partial charge in [-0.25, -0.2) is 13.4 Å². The van der Waals surface area contributed by atoms with Gasteiger partial charge in [0, 0.05) is 16.3 Å². The van der Waals surface area contributed by atoms with Gasteiger partial charge in [-0.1, -0.05) is 35.1 Å². The summed E-state index contributed by atoms with van der Waals surface area (Å²) in [5.74, 6) is 0.335. The number of fused-ring (bicyclic) bond motifs is 1. The number of carbonyl (C=O) groups is 1. The molecular weight excluding hydrogens is 518 g/mol. The first-order chi connectivity index (χ1) is 17.3. The molecule has 36 heavy (non-hydrogen) atoms. The van der Waals surface area contributed by atoms with Crippen molar-refractivity contribution in [2.75, 3.05) is 9.62 Å². The summed E-state index contributed by atoms with van der Waals surface area (Å²) in [7, 11) is -3.80. The van der Waals surface area contributed by atoms with Crippen LogP contribution in [-0.2, 0) is 16.6 Å². The standard InChI is InChI=1S/C26H20ClN3O4S2/c1-17-4-2-6-23-24(17)28-26(35-23)30(16-21-5-3-15-34-21)25(31)18-7-11-20(12-8-18)29-36(32,33)22-13-9-19(27)10-14-22/h2-15,29H,16H2,1H3. The first-order valence-electron chi connectivity index (χ1n) is 10.9. The van der Waals surface area contributed by atoms with Gasteiger partial charge >= 0.3 is 0 Å². The Kier molecular flexibility index (Phi) is 6.53. The minimum Gasteiger partial charge on any atom is -0.467 e. The number of halogens is 1. The van der Waals surface area contributed by atoms with Gasteiger partial charge in [0.25, 0.3) is 15.9 Å². The Morgan fingerprint density at radius 2 is 1.78 bits per heavy atom. The number of furan rings is 1. The van der Waals surface area contributed by atoms with Crippen molar-refractivity contribution in [1.82, 2.24) is 4.98 Å². The number of sulfonamides is 1. The summed E-state index contributed by atoms with van der Waals surface area (Å²) in [4.78, 5) is 20.0. The highest BCUT2D eigenvalue weighted by molar-refractivity contribution is 7.92. The molecule has 7 nitrogen and oxygen atoms in total. The van der Waals surface area contributed by atoms with E-state index in [0.717, 1.165) is 15.8 Å². The number of hydrogen-bond donors (Lipinski definition) is 1. The van der Waals surface area contributed by atoms with Crippen LogP contribution in [0.3, 0.4) is 0 Å². The van der Waals surface area contributed by atoms with E-state index in [4.69, 9.17) is 21.0 Å². The summed E-state index contributed by atoms with van der Waals surface area (Å²) in [6, 6.07) is 21.6. The zero-order valence-corrected chi connectivity index (χ0v) is 21.4. The summed E-state index contributed by atoms with van der Waals surface area (Å²) in [5, 5.41) is 0.993. The maximum Gasteiger partial charge on any atom is 0.261 e. The van der Waals surface area contributed by atoms with Gasteiger partial charge in [-0.15, -0.1) is 0 Å². The van der Waals surface area contributed by atoms with Crippen LogP contribution in [0.2, 0.25) is 5.02 Å². The van der Waals surface area contributed by atoms with Crippen LogP contribution in [0, 0.1) is 6.92 Å². The van der Waals surface area contributed by atoms with Gasteiger partial charge in [0.05, 0.1) is 27.9 Å². The minimum absolute atomic E-state index is 0.0859. The molecule has 0 aliphatic carbocycles.